The molecular formula is C16H16BrFO. The van der Waals surface area contributed by atoms with Crippen molar-refractivity contribution in [1.29, 1.82) is 0 Å². The van der Waals surface area contributed by atoms with Crippen molar-refractivity contribution >= 4 is 15.9 Å². The highest BCUT2D eigenvalue weighted by Gasteiger charge is 2.18. The Morgan fingerprint density at radius 3 is 2.11 bits per heavy atom. The zero-order valence-corrected chi connectivity index (χ0v) is 12.8. The molecule has 0 aliphatic carbocycles. The monoisotopic (exact) mass is 322 g/mol. The fourth-order valence-electron chi connectivity index (χ4n) is 1.69. The van der Waals surface area contributed by atoms with Gasteiger partial charge in [-0.1, -0.05) is 34.1 Å². The summed E-state index contributed by atoms with van der Waals surface area (Å²) in [5.41, 5.74) is 0.470. The van der Waals surface area contributed by atoms with Gasteiger partial charge in [0.2, 0.25) is 0 Å². The van der Waals surface area contributed by atoms with Crippen LogP contribution in [0.4, 0.5) is 4.39 Å². The Morgan fingerprint density at radius 1 is 1.00 bits per heavy atom. The van der Waals surface area contributed by atoms with E-state index in [1.165, 1.54) is 0 Å². The first kappa shape index (κ1) is 14.1. The van der Waals surface area contributed by atoms with Gasteiger partial charge in [0.15, 0.2) is 0 Å². The molecule has 0 unspecified atom stereocenters. The van der Waals surface area contributed by atoms with Crippen LogP contribution < -0.4 is 4.74 Å². The number of aryl methyl sites for hydroxylation is 1. The molecule has 0 saturated carbocycles. The third-order valence-electron chi connectivity index (χ3n) is 2.92. The number of alkyl halides is 1. The van der Waals surface area contributed by atoms with E-state index < -0.39 is 5.67 Å². The molecular weight excluding hydrogens is 307 g/mol. The molecule has 2 rings (SSSR count). The van der Waals surface area contributed by atoms with Crippen LogP contribution in [0.15, 0.2) is 46.9 Å². The lowest BCUT2D eigenvalue weighted by atomic mass is 10.0. The molecule has 0 amide bonds. The van der Waals surface area contributed by atoms with Gasteiger partial charge in [-0.25, -0.2) is 4.39 Å². The highest BCUT2D eigenvalue weighted by atomic mass is 79.9. The molecule has 0 bridgehead atoms. The summed E-state index contributed by atoms with van der Waals surface area (Å²) in [6.45, 7) is 5.10. The van der Waals surface area contributed by atoms with Gasteiger partial charge in [-0.15, -0.1) is 0 Å². The Balaban J connectivity index is 2.17. The van der Waals surface area contributed by atoms with E-state index in [2.05, 4.69) is 15.9 Å². The fraction of sp³-hybridized carbons (Fsp3) is 0.250. The number of rotatable bonds is 3. The van der Waals surface area contributed by atoms with Gasteiger partial charge in [0, 0.05) is 4.47 Å². The average Bonchev–Trinajstić information content (AvgIpc) is 2.33. The molecule has 0 heterocycles. The summed E-state index contributed by atoms with van der Waals surface area (Å²) in [7, 11) is 0. The predicted molar refractivity (Wildman–Crippen MR) is 79.5 cm³/mol. The van der Waals surface area contributed by atoms with Gasteiger partial charge in [-0.2, -0.15) is 0 Å². The molecule has 2 aromatic rings. The minimum absolute atomic E-state index is 0.643. The molecule has 1 nitrogen and oxygen atoms in total. The van der Waals surface area contributed by atoms with Crippen LogP contribution in [0.3, 0.4) is 0 Å². The molecule has 0 radical (unpaired) electrons. The van der Waals surface area contributed by atoms with Crippen LogP contribution in [0.5, 0.6) is 11.5 Å². The van der Waals surface area contributed by atoms with Gasteiger partial charge in [0.25, 0.3) is 0 Å². The van der Waals surface area contributed by atoms with Crippen LogP contribution >= 0.6 is 15.9 Å². The third kappa shape index (κ3) is 3.57. The molecule has 0 spiro atoms. The molecule has 3 heteroatoms. The maximum absolute atomic E-state index is 13.7. The van der Waals surface area contributed by atoms with Crippen molar-refractivity contribution in [3.8, 4) is 11.5 Å². The number of ether oxygens (including phenoxy) is 1. The maximum Gasteiger partial charge on any atom is 0.130 e. The van der Waals surface area contributed by atoms with Crippen molar-refractivity contribution in [3.63, 3.8) is 0 Å². The Morgan fingerprint density at radius 2 is 1.58 bits per heavy atom. The largest absolute Gasteiger partial charge is 0.457 e. The average molecular weight is 323 g/mol. The summed E-state index contributed by atoms with van der Waals surface area (Å²) in [4.78, 5) is 0. The number of halogens is 2. The van der Waals surface area contributed by atoms with Gasteiger partial charge in [0.1, 0.15) is 17.2 Å². The summed E-state index contributed by atoms with van der Waals surface area (Å²) in [6.07, 6.45) is 0. The van der Waals surface area contributed by atoms with E-state index in [-0.39, 0.29) is 0 Å². The first-order valence-corrected chi connectivity index (χ1v) is 6.89. The smallest absolute Gasteiger partial charge is 0.130 e. The second kappa shape index (κ2) is 5.33. The second-order valence-electron chi connectivity index (χ2n) is 5.01. The molecule has 0 saturated heterocycles. The van der Waals surface area contributed by atoms with Crippen LogP contribution in [0.1, 0.15) is 25.0 Å². The zero-order valence-electron chi connectivity index (χ0n) is 11.2. The molecule has 0 aliphatic rings. The molecule has 2 aromatic carbocycles. The summed E-state index contributed by atoms with van der Waals surface area (Å²) in [5, 5.41) is 0. The van der Waals surface area contributed by atoms with E-state index >= 15 is 0 Å². The van der Waals surface area contributed by atoms with Gasteiger partial charge >= 0.3 is 0 Å². The Bertz CT molecular complexity index is 570. The van der Waals surface area contributed by atoms with Crippen molar-refractivity contribution in [2.24, 2.45) is 0 Å². The van der Waals surface area contributed by atoms with E-state index in [9.17, 15) is 4.39 Å². The lowest BCUT2D eigenvalue weighted by Crippen LogP contribution is -2.08. The van der Waals surface area contributed by atoms with Crippen molar-refractivity contribution in [3.05, 3.63) is 58.1 Å². The summed E-state index contributed by atoms with van der Waals surface area (Å²) >= 11 is 3.47. The van der Waals surface area contributed by atoms with E-state index in [0.717, 1.165) is 15.8 Å². The third-order valence-corrected chi connectivity index (χ3v) is 3.77. The van der Waals surface area contributed by atoms with Crippen LogP contribution in [-0.4, -0.2) is 0 Å². The molecule has 0 atom stereocenters. The molecule has 0 N–H and O–H groups in total. The van der Waals surface area contributed by atoms with Crippen LogP contribution in [0.2, 0.25) is 0 Å². The quantitative estimate of drug-likeness (QED) is 0.698. The number of hydrogen-bond acceptors (Lipinski definition) is 1. The van der Waals surface area contributed by atoms with Gasteiger partial charge in [0.05, 0.1) is 0 Å². The van der Waals surface area contributed by atoms with Crippen molar-refractivity contribution in [1.82, 2.24) is 0 Å². The fourth-order valence-corrected chi connectivity index (χ4v) is 2.05. The highest BCUT2D eigenvalue weighted by molar-refractivity contribution is 9.10. The summed E-state index contributed by atoms with van der Waals surface area (Å²) in [6, 6.07) is 12.9. The minimum Gasteiger partial charge on any atom is -0.457 e. The Kier molecular flexibility index (Phi) is 3.95. The zero-order chi connectivity index (χ0) is 14.0. The molecule has 100 valence electrons. The minimum atomic E-state index is -1.33. The first-order chi connectivity index (χ1) is 8.86. The van der Waals surface area contributed by atoms with Gasteiger partial charge in [-0.3, -0.25) is 0 Å². The predicted octanol–water partition coefficient (Wildman–Crippen LogP) is 5.75. The van der Waals surface area contributed by atoms with Crippen LogP contribution in [0, 0.1) is 6.92 Å². The normalized spacial score (nSPS) is 11.4. The second-order valence-corrected chi connectivity index (χ2v) is 5.86. The van der Waals surface area contributed by atoms with Crippen molar-refractivity contribution in [2.45, 2.75) is 26.4 Å². The highest BCUT2D eigenvalue weighted by Crippen LogP contribution is 2.29. The summed E-state index contributed by atoms with van der Waals surface area (Å²) < 4.78 is 20.5. The molecule has 0 aromatic heterocycles. The van der Waals surface area contributed by atoms with E-state index in [1.54, 1.807) is 38.1 Å². The SMILES string of the molecule is Cc1ccc(Oc2ccc(C(C)(C)F)cc2)cc1Br. The van der Waals surface area contributed by atoms with Gasteiger partial charge < -0.3 is 4.74 Å². The Hall–Kier alpha value is -1.35. The van der Waals surface area contributed by atoms with Crippen molar-refractivity contribution in [2.75, 3.05) is 0 Å². The van der Waals surface area contributed by atoms with Crippen molar-refractivity contribution < 1.29 is 9.13 Å². The van der Waals surface area contributed by atoms with E-state index in [0.29, 0.717) is 11.3 Å². The van der Waals surface area contributed by atoms with Crippen LogP contribution in [-0.2, 0) is 5.67 Å². The van der Waals surface area contributed by atoms with E-state index in [4.69, 9.17) is 4.74 Å². The Labute approximate surface area is 121 Å². The standard InChI is InChI=1S/C16H16BrFO/c1-11-4-7-14(10-15(11)17)19-13-8-5-12(6-9-13)16(2,3)18/h4-10H,1-3H3. The number of hydrogen-bond donors (Lipinski definition) is 0. The maximum atomic E-state index is 13.7. The van der Waals surface area contributed by atoms with Crippen LogP contribution in [0.25, 0.3) is 0 Å². The van der Waals surface area contributed by atoms with Gasteiger partial charge in [-0.05, 0) is 56.2 Å². The molecule has 19 heavy (non-hydrogen) atoms. The lowest BCUT2D eigenvalue weighted by molar-refractivity contribution is 0.221. The van der Waals surface area contributed by atoms with E-state index in [1.807, 2.05) is 25.1 Å². The summed E-state index contributed by atoms with van der Waals surface area (Å²) in [5.74, 6) is 1.45. The molecule has 0 fully saturated rings. The molecule has 0 aliphatic heterocycles. The lowest BCUT2D eigenvalue weighted by Gasteiger charge is -2.15. The first-order valence-electron chi connectivity index (χ1n) is 6.10. The topological polar surface area (TPSA) is 9.23 Å². The number of benzene rings is 2.